The number of carbonyl (C=O) groups is 1. The summed E-state index contributed by atoms with van der Waals surface area (Å²) in [4.78, 5) is 13.5. The molecule has 1 fully saturated rings. The van der Waals surface area contributed by atoms with E-state index in [1.165, 1.54) is 12.1 Å². The lowest BCUT2D eigenvalue weighted by Gasteiger charge is -2.19. The normalized spacial score (nSPS) is 14.5. The third-order valence-corrected chi connectivity index (χ3v) is 4.97. The topological polar surface area (TPSA) is 98.1 Å². The molecule has 1 aromatic carbocycles. The molecule has 4 rings (SSSR count). The van der Waals surface area contributed by atoms with Gasteiger partial charge in [0.2, 0.25) is 11.8 Å². The second kappa shape index (κ2) is 9.02. The first-order valence-electron chi connectivity index (χ1n) is 9.79. The van der Waals surface area contributed by atoms with Crippen molar-refractivity contribution in [1.82, 2.24) is 30.5 Å². The Bertz CT molecular complexity index is 1040. The van der Waals surface area contributed by atoms with Crippen molar-refractivity contribution < 1.29 is 18.3 Å². The summed E-state index contributed by atoms with van der Waals surface area (Å²) in [5, 5.41) is 19.3. The first kappa shape index (κ1) is 20.6. The maximum atomic E-state index is 12.8. The zero-order chi connectivity index (χ0) is 21.8. The maximum absolute atomic E-state index is 12.8. The zero-order valence-corrected chi connectivity index (χ0v) is 16.8. The smallest absolute Gasteiger partial charge is 0.263 e. The molecule has 9 nitrogen and oxygen atoms in total. The van der Waals surface area contributed by atoms with E-state index in [0.29, 0.717) is 54.8 Å². The predicted octanol–water partition coefficient (Wildman–Crippen LogP) is 2.21. The number of anilines is 1. The van der Waals surface area contributed by atoms with Crippen LogP contribution in [0.2, 0.25) is 0 Å². The van der Waals surface area contributed by atoms with Crippen LogP contribution in [0.3, 0.4) is 0 Å². The van der Waals surface area contributed by atoms with Gasteiger partial charge in [-0.25, -0.2) is 13.5 Å². The highest BCUT2D eigenvalue weighted by Gasteiger charge is 2.16. The van der Waals surface area contributed by atoms with Crippen molar-refractivity contribution in [2.45, 2.75) is 26.4 Å². The molecule has 2 aromatic heterocycles. The van der Waals surface area contributed by atoms with Crippen LogP contribution in [0.4, 0.5) is 14.6 Å². The van der Waals surface area contributed by atoms with Gasteiger partial charge in [-0.05, 0) is 25.1 Å². The maximum Gasteiger partial charge on any atom is 0.263 e. The van der Waals surface area contributed by atoms with Gasteiger partial charge in [0.05, 0.1) is 11.4 Å². The van der Waals surface area contributed by atoms with E-state index in [0.717, 1.165) is 0 Å². The molecular weight excluding hydrogens is 408 g/mol. The molecule has 0 saturated carbocycles. The molecule has 0 radical (unpaired) electrons. The molecule has 3 aromatic rings. The summed E-state index contributed by atoms with van der Waals surface area (Å²) < 4.78 is 32.9. The van der Waals surface area contributed by atoms with Crippen molar-refractivity contribution in [2.24, 2.45) is 0 Å². The molecule has 0 bridgehead atoms. The number of ether oxygens (including phenoxy) is 1. The highest BCUT2D eigenvalue weighted by Crippen LogP contribution is 2.22. The number of aromatic nitrogens is 5. The minimum absolute atomic E-state index is 0.0276. The van der Waals surface area contributed by atoms with Crippen LogP contribution in [0, 0.1) is 6.92 Å². The molecule has 11 heteroatoms. The molecule has 0 spiro atoms. The first-order chi connectivity index (χ1) is 15.0. The molecule has 1 saturated heterocycles. The Morgan fingerprint density at radius 2 is 1.90 bits per heavy atom. The predicted molar refractivity (Wildman–Crippen MR) is 107 cm³/mol. The van der Waals surface area contributed by atoms with Crippen LogP contribution in [0.5, 0.6) is 5.88 Å². The minimum atomic E-state index is -2.53. The number of aryl methyl sites for hydroxylation is 1. The van der Waals surface area contributed by atoms with Gasteiger partial charge in [-0.1, -0.05) is 17.3 Å². The molecule has 0 atom stereocenters. The van der Waals surface area contributed by atoms with E-state index in [4.69, 9.17) is 4.74 Å². The summed E-state index contributed by atoms with van der Waals surface area (Å²) in [5.41, 5.74) is 1.88. The van der Waals surface area contributed by atoms with E-state index in [1.807, 2.05) is 4.90 Å². The van der Waals surface area contributed by atoms with Crippen molar-refractivity contribution in [2.75, 3.05) is 24.5 Å². The number of halogens is 2. The van der Waals surface area contributed by atoms with Crippen molar-refractivity contribution in [3.05, 3.63) is 53.3 Å². The number of nitrogens with one attached hydrogen (secondary N) is 1. The fourth-order valence-corrected chi connectivity index (χ4v) is 3.21. The third-order valence-electron chi connectivity index (χ3n) is 4.97. The number of hydrogen-bond donors (Lipinski definition) is 1. The van der Waals surface area contributed by atoms with Crippen LogP contribution < -0.4 is 15.0 Å². The Morgan fingerprint density at radius 1 is 1.10 bits per heavy atom. The van der Waals surface area contributed by atoms with E-state index < -0.39 is 6.43 Å². The molecule has 1 N–H and O–H groups in total. The number of nitrogens with zero attached hydrogens (tertiary/aromatic N) is 6. The summed E-state index contributed by atoms with van der Waals surface area (Å²) in [6.07, 6.45) is -2.11. The largest absolute Gasteiger partial charge is 0.470 e. The van der Waals surface area contributed by atoms with Gasteiger partial charge in [0.1, 0.15) is 12.3 Å². The zero-order valence-electron chi connectivity index (χ0n) is 16.8. The number of benzene rings is 1. The monoisotopic (exact) mass is 429 g/mol. The van der Waals surface area contributed by atoms with E-state index in [1.54, 1.807) is 35.9 Å². The van der Waals surface area contributed by atoms with Gasteiger partial charge in [-0.3, -0.25) is 4.79 Å². The number of rotatable bonds is 6. The summed E-state index contributed by atoms with van der Waals surface area (Å²) in [6.45, 7) is 3.72. The molecule has 3 heterocycles. The Hall–Kier alpha value is -3.63. The lowest BCUT2D eigenvalue weighted by atomic mass is 10.2. The summed E-state index contributed by atoms with van der Waals surface area (Å²) in [7, 11) is 0. The fraction of sp³-hybridized carbons (Fsp3) is 0.350. The van der Waals surface area contributed by atoms with Crippen LogP contribution in [-0.4, -0.2) is 50.7 Å². The lowest BCUT2D eigenvalue weighted by Crippen LogP contribution is -2.29. The second-order valence-corrected chi connectivity index (χ2v) is 7.03. The molecule has 1 aliphatic rings. The highest BCUT2D eigenvalue weighted by atomic mass is 19.3. The quantitative estimate of drug-likeness (QED) is 0.642. The first-order valence-corrected chi connectivity index (χ1v) is 9.79. The van der Waals surface area contributed by atoms with Crippen LogP contribution in [0.1, 0.15) is 29.8 Å². The Labute approximate surface area is 177 Å². The van der Waals surface area contributed by atoms with Crippen LogP contribution >= 0.6 is 0 Å². The van der Waals surface area contributed by atoms with Gasteiger partial charge >= 0.3 is 0 Å². The summed E-state index contributed by atoms with van der Waals surface area (Å²) >= 11 is 0. The second-order valence-electron chi connectivity index (χ2n) is 7.03. The Morgan fingerprint density at radius 3 is 2.61 bits per heavy atom. The standard InChI is InChI=1S/C20H21F2N7O2/c1-13-16(29(27-24-13)15-4-2-14(3-5-15)20(21)22)12-31-19-7-6-17(25-26-19)28-10-8-18(30)23-9-11-28/h2-7,20H,8-12H2,1H3,(H,23,30). The van der Waals surface area contributed by atoms with Gasteiger partial charge < -0.3 is 15.0 Å². The molecule has 162 valence electrons. The van der Waals surface area contributed by atoms with Gasteiger partial charge in [-0.15, -0.1) is 15.3 Å². The lowest BCUT2D eigenvalue weighted by molar-refractivity contribution is -0.120. The van der Waals surface area contributed by atoms with E-state index >= 15 is 0 Å². The molecule has 0 aliphatic carbocycles. The van der Waals surface area contributed by atoms with Crippen LogP contribution in [0.25, 0.3) is 5.69 Å². The van der Waals surface area contributed by atoms with Crippen LogP contribution in [-0.2, 0) is 11.4 Å². The van der Waals surface area contributed by atoms with Crippen molar-refractivity contribution >= 4 is 11.7 Å². The Kier molecular flexibility index (Phi) is 6.01. The molecular formula is C20H21F2N7O2. The van der Waals surface area contributed by atoms with Crippen molar-refractivity contribution in [1.29, 1.82) is 0 Å². The SMILES string of the molecule is Cc1nnn(-c2ccc(C(F)F)cc2)c1COc1ccc(N2CCNC(=O)CC2)nn1. The van der Waals surface area contributed by atoms with Gasteiger partial charge in [0.15, 0.2) is 5.82 Å². The van der Waals surface area contributed by atoms with Gasteiger partial charge in [0, 0.05) is 37.7 Å². The third kappa shape index (κ3) is 4.76. The van der Waals surface area contributed by atoms with Crippen molar-refractivity contribution in [3.63, 3.8) is 0 Å². The number of hydrogen-bond acceptors (Lipinski definition) is 7. The fourth-order valence-electron chi connectivity index (χ4n) is 3.21. The van der Waals surface area contributed by atoms with E-state index in [-0.39, 0.29) is 18.1 Å². The van der Waals surface area contributed by atoms with Crippen molar-refractivity contribution in [3.8, 4) is 11.6 Å². The summed E-state index contributed by atoms with van der Waals surface area (Å²) in [5.74, 6) is 1.03. The molecule has 1 aliphatic heterocycles. The van der Waals surface area contributed by atoms with E-state index in [2.05, 4.69) is 25.8 Å². The average molecular weight is 429 g/mol. The number of carbonyl (C=O) groups excluding carboxylic acids is 1. The highest BCUT2D eigenvalue weighted by molar-refractivity contribution is 5.77. The average Bonchev–Trinajstić information content (AvgIpc) is 3.00. The Balaban J connectivity index is 1.44. The van der Waals surface area contributed by atoms with Gasteiger partial charge in [0.25, 0.3) is 6.43 Å². The number of amides is 1. The molecule has 1 amide bonds. The summed E-state index contributed by atoms with van der Waals surface area (Å²) in [6, 6.07) is 9.35. The van der Waals surface area contributed by atoms with Crippen LogP contribution in [0.15, 0.2) is 36.4 Å². The van der Waals surface area contributed by atoms with E-state index in [9.17, 15) is 13.6 Å². The van der Waals surface area contributed by atoms with Gasteiger partial charge in [-0.2, -0.15) is 0 Å². The minimum Gasteiger partial charge on any atom is -0.470 e. The molecule has 31 heavy (non-hydrogen) atoms. The number of alkyl halides is 2. The molecule has 0 unspecified atom stereocenters.